The predicted molar refractivity (Wildman–Crippen MR) is 35.2 cm³/mol. The topological polar surface area (TPSA) is 60.2 Å². The van der Waals surface area contributed by atoms with Crippen molar-refractivity contribution in [2.24, 2.45) is 17.0 Å². The molecule has 3 nitrogen and oxygen atoms in total. The standard InChI is InChI=1S/C5H11NO2S/c1-3-4(2)5(3)9(6,7)8/h3-5H,1-2H3,(H2,6,7,8). The van der Waals surface area contributed by atoms with Crippen LogP contribution < -0.4 is 5.14 Å². The molecule has 1 fully saturated rings. The average Bonchev–Trinajstić information content (AvgIpc) is 2.11. The summed E-state index contributed by atoms with van der Waals surface area (Å²) >= 11 is 0. The van der Waals surface area contributed by atoms with Crippen LogP contribution in [0.25, 0.3) is 0 Å². The molecule has 1 saturated carbocycles. The fraction of sp³-hybridized carbons (Fsp3) is 1.00. The Kier molecular flexibility index (Phi) is 1.33. The van der Waals surface area contributed by atoms with E-state index < -0.39 is 10.0 Å². The van der Waals surface area contributed by atoms with E-state index in [0.717, 1.165) is 0 Å². The Morgan fingerprint density at radius 2 is 1.56 bits per heavy atom. The Morgan fingerprint density at radius 3 is 1.56 bits per heavy atom. The Hall–Kier alpha value is -0.0900. The van der Waals surface area contributed by atoms with Crippen molar-refractivity contribution in [3.63, 3.8) is 0 Å². The molecular weight excluding hydrogens is 138 g/mol. The minimum Gasteiger partial charge on any atom is -0.228 e. The first-order chi connectivity index (χ1) is 3.94. The Bertz CT molecular complexity index is 201. The highest BCUT2D eigenvalue weighted by molar-refractivity contribution is 7.90. The maximum absolute atomic E-state index is 10.6. The van der Waals surface area contributed by atoms with Crippen LogP contribution in [0.1, 0.15) is 13.8 Å². The van der Waals surface area contributed by atoms with Crippen LogP contribution in [0, 0.1) is 11.8 Å². The van der Waals surface area contributed by atoms with Crippen LogP contribution in [-0.4, -0.2) is 13.7 Å². The van der Waals surface area contributed by atoms with Crippen LogP contribution in [0.3, 0.4) is 0 Å². The molecule has 2 atom stereocenters. The van der Waals surface area contributed by atoms with Gasteiger partial charge < -0.3 is 0 Å². The van der Waals surface area contributed by atoms with Crippen molar-refractivity contribution < 1.29 is 8.42 Å². The van der Waals surface area contributed by atoms with Crippen molar-refractivity contribution in [3.8, 4) is 0 Å². The maximum atomic E-state index is 10.6. The molecule has 1 aliphatic rings. The van der Waals surface area contributed by atoms with Gasteiger partial charge in [-0.3, -0.25) is 0 Å². The summed E-state index contributed by atoms with van der Waals surface area (Å²) in [6.07, 6.45) is 0. The lowest BCUT2D eigenvalue weighted by molar-refractivity contribution is 0.593. The van der Waals surface area contributed by atoms with Gasteiger partial charge in [0.15, 0.2) is 0 Å². The number of sulfonamides is 1. The first-order valence-electron chi connectivity index (χ1n) is 2.96. The van der Waals surface area contributed by atoms with E-state index in [9.17, 15) is 8.42 Å². The molecule has 1 rings (SSSR count). The lowest BCUT2D eigenvalue weighted by Gasteiger charge is -1.89. The molecule has 0 radical (unpaired) electrons. The van der Waals surface area contributed by atoms with Crippen molar-refractivity contribution >= 4 is 10.0 Å². The normalized spacial score (nSPS) is 42.8. The van der Waals surface area contributed by atoms with Crippen LogP contribution in [0.2, 0.25) is 0 Å². The number of hydrogen-bond donors (Lipinski definition) is 1. The lowest BCUT2D eigenvalue weighted by Crippen LogP contribution is -2.19. The molecule has 0 bridgehead atoms. The summed E-state index contributed by atoms with van der Waals surface area (Å²) in [7, 11) is -3.23. The van der Waals surface area contributed by atoms with Gasteiger partial charge in [-0.25, -0.2) is 13.6 Å². The first-order valence-corrected chi connectivity index (χ1v) is 4.57. The van der Waals surface area contributed by atoms with Gasteiger partial charge >= 0.3 is 0 Å². The molecule has 9 heavy (non-hydrogen) atoms. The number of rotatable bonds is 1. The van der Waals surface area contributed by atoms with E-state index in [1.54, 1.807) is 0 Å². The summed E-state index contributed by atoms with van der Waals surface area (Å²) in [6.45, 7) is 3.81. The lowest BCUT2D eigenvalue weighted by atomic mass is 10.4. The minimum atomic E-state index is -3.23. The third-order valence-corrected chi connectivity index (χ3v) is 3.72. The molecule has 0 spiro atoms. The highest BCUT2D eigenvalue weighted by atomic mass is 32.2. The SMILES string of the molecule is CC1C(C)C1S(N)(=O)=O. The van der Waals surface area contributed by atoms with Gasteiger partial charge in [0, 0.05) is 0 Å². The van der Waals surface area contributed by atoms with E-state index in [0.29, 0.717) is 0 Å². The second-order valence-corrected chi connectivity index (χ2v) is 4.49. The third-order valence-electron chi connectivity index (χ3n) is 2.10. The molecule has 2 N–H and O–H groups in total. The second-order valence-electron chi connectivity index (χ2n) is 2.77. The van der Waals surface area contributed by atoms with Crippen molar-refractivity contribution in [1.82, 2.24) is 0 Å². The summed E-state index contributed by atoms with van der Waals surface area (Å²) in [5.74, 6) is 0.528. The fourth-order valence-electron chi connectivity index (χ4n) is 1.22. The van der Waals surface area contributed by atoms with Gasteiger partial charge in [0.1, 0.15) is 0 Å². The Morgan fingerprint density at radius 1 is 1.22 bits per heavy atom. The van der Waals surface area contributed by atoms with Crippen molar-refractivity contribution in [2.45, 2.75) is 19.1 Å². The number of hydrogen-bond acceptors (Lipinski definition) is 2. The average molecular weight is 149 g/mol. The van der Waals surface area contributed by atoms with Crippen LogP contribution in [0.15, 0.2) is 0 Å². The van der Waals surface area contributed by atoms with Gasteiger partial charge in [-0.15, -0.1) is 0 Å². The van der Waals surface area contributed by atoms with E-state index in [4.69, 9.17) is 5.14 Å². The van der Waals surface area contributed by atoms with Gasteiger partial charge in [0.05, 0.1) is 5.25 Å². The quantitative estimate of drug-likeness (QED) is 0.567. The predicted octanol–water partition coefficient (Wildman–Crippen LogP) is -0.0707. The zero-order valence-corrected chi connectivity index (χ0v) is 6.35. The van der Waals surface area contributed by atoms with E-state index in [-0.39, 0.29) is 17.1 Å². The van der Waals surface area contributed by atoms with Crippen LogP contribution >= 0.6 is 0 Å². The van der Waals surface area contributed by atoms with Crippen LogP contribution in [0.5, 0.6) is 0 Å². The number of primary sulfonamides is 1. The minimum absolute atomic E-state index is 0.264. The zero-order valence-electron chi connectivity index (χ0n) is 5.53. The van der Waals surface area contributed by atoms with Gasteiger partial charge in [-0.1, -0.05) is 13.8 Å². The fourth-order valence-corrected chi connectivity index (χ4v) is 2.82. The molecule has 0 amide bonds. The van der Waals surface area contributed by atoms with Gasteiger partial charge in [0.2, 0.25) is 10.0 Å². The van der Waals surface area contributed by atoms with Gasteiger partial charge in [-0.2, -0.15) is 0 Å². The van der Waals surface area contributed by atoms with E-state index >= 15 is 0 Å². The Balaban J connectivity index is 2.72. The smallest absolute Gasteiger partial charge is 0.212 e. The molecule has 0 aromatic heterocycles. The van der Waals surface area contributed by atoms with Crippen LogP contribution in [-0.2, 0) is 10.0 Å². The van der Waals surface area contributed by atoms with Crippen molar-refractivity contribution in [3.05, 3.63) is 0 Å². The summed E-state index contributed by atoms with van der Waals surface area (Å²) in [4.78, 5) is 0. The highest BCUT2D eigenvalue weighted by Crippen LogP contribution is 2.42. The molecule has 0 aromatic rings. The molecule has 0 heterocycles. The first kappa shape index (κ1) is 7.02. The van der Waals surface area contributed by atoms with E-state index in [1.165, 1.54) is 0 Å². The monoisotopic (exact) mass is 149 g/mol. The molecule has 2 unspecified atom stereocenters. The molecular formula is C5H11NO2S. The van der Waals surface area contributed by atoms with E-state index in [1.807, 2.05) is 13.8 Å². The maximum Gasteiger partial charge on any atom is 0.212 e. The highest BCUT2D eigenvalue weighted by Gasteiger charge is 2.50. The van der Waals surface area contributed by atoms with Crippen molar-refractivity contribution in [1.29, 1.82) is 0 Å². The number of nitrogens with two attached hydrogens (primary N) is 1. The van der Waals surface area contributed by atoms with Crippen molar-refractivity contribution in [2.75, 3.05) is 0 Å². The molecule has 0 aromatic carbocycles. The Labute approximate surface area is 55.3 Å². The molecule has 4 heteroatoms. The zero-order chi connectivity index (χ0) is 7.23. The molecule has 1 aliphatic carbocycles. The summed E-state index contributed by atoms with van der Waals surface area (Å²) in [5, 5.41) is 4.63. The van der Waals surface area contributed by atoms with Gasteiger partial charge in [0.25, 0.3) is 0 Å². The van der Waals surface area contributed by atoms with E-state index in [2.05, 4.69) is 0 Å². The molecule has 0 aliphatic heterocycles. The summed E-state index contributed by atoms with van der Waals surface area (Å²) < 4.78 is 21.2. The van der Waals surface area contributed by atoms with Crippen LogP contribution in [0.4, 0.5) is 0 Å². The summed E-state index contributed by atoms with van der Waals surface area (Å²) in [6, 6.07) is 0. The second kappa shape index (κ2) is 1.70. The van der Waals surface area contributed by atoms with Gasteiger partial charge in [-0.05, 0) is 11.8 Å². The molecule has 0 saturated heterocycles. The largest absolute Gasteiger partial charge is 0.228 e. The third kappa shape index (κ3) is 1.09. The summed E-state index contributed by atoms with van der Waals surface area (Å²) in [5.41, 5.74) is 0. The molecule has 54 valence electrons.